The van der Waals surface area contributed by atoms with Gasteiger partial charge in [0, 0.05) is 6.04 Å². The van der Waals surface area contributed by atoms with E-state index in [-0.39, 0.29) is 18.3 Å². The molecule has 6 heteroatoms. The summed E-state index contributed by atoms with van der Waals surface area (Å²) in [7, 11) is 0. The minimum absolute atomic E-state index is 0.0599. The van der Waals surface area contributed by atoms with Gasteiger partial charge in [0.1, 0.15) is 5.82 Å². The van der Waals surface area contributed by atoms with Crippen LogP contribution in [-0.4, -0.2) is 24.5 Å². The van der Waals surface area contributed by atoms with E-state index in [1.807, 2.05) is 0 Å². The fraction of sp³-hybridized carbons (Fsp3) is 0.385. The monoisotopic (exact) mass is 267 g/mol. The van der Waals surface area contributed by atoms with Crippen LogP contribution in [0, 0.1) is 12.7 Å². The molecular formula is C13H18FN3O2. The van der Waals surface area contributed by atoms with Crippen LogP contribution >= 0.6 is 0 Å². The van der Waals surface area contributed by atoms with Crippen molar-refractivity contribution in [1.29, 1.82) is 0 Å². The Bertz CT molecular complexity index is 475. The normalized spacial score (nSPS) is 10.2. The first kappa shape index (κ1) is 14.9. The van der Waals surface area contributed by atoms with Crippen molar-refractivity contribution < 1.29 is 14.0 Å². The van der Waals surface area contributed by atoms with Gasteiger partial charge in [-0.3, -0.25) is 10.1 Å². The Labute approximate surface area is 111 Å². The minimum atomic E-state index is -0.564. The second-order valence-electron chi connectivity index (χ2n) is 4.51. The number of amides is 3. The quantitative estimate of drug-likeness (QED) is 0.778. The van der Waals surface area contributed by atoms with Crippen molar-refractivity contribution in [3.8, 4) is 0 Å². The number of halogens is 1. The van der Waals surface area contributed by atoms with Crippen LogP contribution in [-0.2, 0) is 4.79 Å². The summed E-state index contributed by atoms with van der Waals surface area (Å²) >= 11 is 0. The standard InChI is InChI=1S/C13H18FN3O2/c1-8(2)16-13(19)17-12(18)7-15-11-5-4-9(3)6-10(11)14/h4-6,8,15H,7H2,1-3H3,(H2,16,17,18,19). The van der Waals surface area contributed by atoms with Gasteiger partial charge in [-0.05, 0) is 38.5 Å². The van der Waals surface area contributed by atoms with E-state index in [4.69, 9.17) is 0 Å². The minimum Gasteiger partial charge on any atom is -0.374 e. The van der Waals surface area contributed by atoms with E-state index in [1.165, 1.54) is 6.07 Å². The fourth-order valence-electron chi connectivity index (χ4n) is 1.41. The van der Waals surface area contributed by atoms with Crippen molar-refractivity contribution in [2.45, 2.75) is 26.8 Å². The van der Waals surface area contributed by atoms with E-state index in [9.17, 15) is 14.0 Å². The number of nitrogens with one attached hydrogen (secondary N) is 3. The highest BCUT2D eigenvalue weighted by Crippen LogP contribution is 2.14. The lowest BCUT2D eigenvalue weighted by Crippen LogP contribution is -2.44. The summed E-state index contributed by atoms with van der Waals surface area (Å²) in [4.78, 5) is 22.7. The maximum absolute atomic E-state index is 13.5. The summed E-state index contributed by atoms with van der Waals surface area (Å²) in [6.07, 6.45) is 0. The van der Waals surface area contributed by atoms with E-state index in [0.29, 0.717) is 0 Å². The summed E-state index contributed by atoms with van der Waals surface area (Å²) in [5, 5.41) is 7.29. The predicted molar refractivity (Wildman–Crippen MR) is 71.4 cm³/mol. The van der Waals surface area contributed by atoms with Gasteiger partial charge < -0.3 is 10.6 Å². The summed E-state index contributed by atoms with van der Waals surface area (Å²) in [5.74, 6) is -0.961. The number of imide groups is 1. The molecule has 0 unspecified atom stereocenters. The fourth-order valence-corrected chi connectivity index (χ4v) is 1.41. The highest BCUT2D eigenvalue weighted by molar-refractivity contribution is 5.96. The van der Waals surface area contributed by atoms with Crippen LogP contribution in [0.1, 0.15) is 19.4 Å². The molecule has 0 radical (unpaired) electrons. The second kappa shape index (κ2) is 6.72. The number of benzene rings is 1. The van der Waals surface area contributed by atoms with Gasteiger partial charge in [-0.2, -0.15) is 0 Å². The van der Waals surface area contributed by atoms with Crippen LogP contribution in [0.25, 0.3) is 0 Å². The van der Waals surface area contributed by atoms with E-state index in [2.05, 4.69) is 16.0 Å². The van der Waals surface area contributed by atoms with Crippen LogP contribution in [0.5, 0.6) is 0 Å². The highest BCUT2D eigenvalue weighted by atomic mass is 19.1. The molecule has 0 bridgehead atoms. The van der Waals surface area contributed by atoms with E-state index < -0.39 is 17.8 Å². The van der Waals surface area contributed by atoms with Gasteiger partial charge in [0.15, 0.2) is 0 Å². The Kier molecular flexibility index (Phi) is 5.29. The first-order valence-electron chi connectivity index (χ1n) is 5.99. The van der Waals surface area contributed by atoms with E-state index in [1.54, 1.807) is 32.9 Å². The molecule has 3 N–H and O–H groups in total. The smallest absolute Gasteiger partial charge is 0.321 e. The third-order valence-electron chi connectivity index (χ3n) is 2.24. The molecule has 0 aromatic heterocycles. The average molecular weight is 267 g/mol. The van der Waals surface area contributed by atoms with Gasteiger partial charge in [0.2, 0.25) is 5.91 Å². The summed E-state index contributed by atoms with van der Waals surface area (Å²) in [6.45, 7) is 5.16. The molecule has 3 amide bonds. The molecule has 1 aromatic carbocycles. The number of hydrogen-bond donors (Lipinski definition) is 3. The number of urea groups is 1. The van der Waals surface area contributed by atoms with Gasteiger partial charge >= 0.3 is 6.03 Å². The zero-order chi connectivity index (χ0) is 14.4. The van der Waals surface area contributed by atoms with Gasteiger partial charge in [0.05, 0.1) is 12.2 Å². The largest absolute Gasteiger partial charge is 0.374 e. The highest BCUT2D eigenvalue weighted by Gasteiger charge is 2.09. The van der Waals surface area contributed by atoms with Gasteiger partial charge in [0.25, 0.3) is 0 Å². The zero-order valence-electron chi connectivity index (χ0n) is 11.2. The molecule has 0 saturated heterocycles. The van der Waals surface area contributed by atoms with E-state index >= 15 is 0 Å². The molecule has 0 heterocycles. The topological polar surface area (TPSA) is 70.2 Å². The number of aryl methyl sites for hydroxylation is 1. The second-order valence-corrected chi connectivity index (χ2v) is 4.51. The third kappa shape index (κ3) is 5.37. The molecule has 1 aromatic rings. The van der Waals surface area contributed by atoms with Crippen molar-refractivity contribution in [2.75, 3.05) is 11.9 Å². The van der Waals surface area contributed by atoms with Crippen LogP contribution < -0.4 is 16.0 Å². The van der Waals surface area contributed by atoms with Crippen LogP contribution in [0.15, 0.2) is 18.2 Å². The molecule has 19 heavy (non-hydrogen) atoms. The maximum atomic E-state index is 13.5. The first-order chi connectivity index (χ1) is 8.88. The average Bonchev–Trinajstić information content (AvgIpc) is 2.26. The summed E-state index contributed by atoms with van der Waals surface area (Å²) in [5.41, 5.74) is 1.02. The Morgan fingerprint density at radius 3 is 2.58 bits per heavy atom. The molecule has 1 rings (SSSR count). The summed E-state index contributed by atoms with van der Waals surface area (Å²) < 4.78 is 13.5. The Hall–Kier alpha value is -2.11. The lowest BCUT2D eigenvalue weighted by Gasteiger charge is -2.10. The van der Waals surface area contributed by atoms with Crippen molar-refractivity contribution in [1.82, 2.24) is 10.6 Å². The third-order valence-corrected chi connectivity index (χ3v) is 2.24. The van der Waals surface area contributed by atoms with Crippen LogP contribution in [0.3, 0.4) is 0 Å². The van der Waals surface area contributed by atoms with Crippen LogP contribution in [0.4, 0.5) is 14.9 Å². The summed E-state index contributed by atoms with van der Waals surface area (Å²) in [6, 6.07) is 4.02. The molecule has 0 atom stereocenters. The molecule has 5 nitrogen and oxygen atoms in total. The maximum Gasteiger partial charge on any atom is 0.321 e. The molecule has 104 valence electrons. The molecule has 0 aliphatic carbocycles. The number of hydrogen-bond acceptors (Lipinski definition) is 3. The molecule has 0 aliphatic rings. The van der Waals surface area contributed by atoms with Crippen molar-refractivity contribution in [3.63, 3.8) is 0 Å². The molecule has 0 spiro atoms. The molecular weight excluding hydrogens is 249 g/mol. The Balaban J connectivity index is 2.44. The molecule has 0 saturated carbocycles. The first-order valence-corrected chi connectivity index (χ1v) is 5.99. The Morgan fingerprint density at radius 2 is 2.00 bits per heavy atom. The van der Waals surface area contributed by atoms with E-state index in [0.717, 1.165) is 5.56 Å². The zero-order valence-corrected chi connectivity index (χ0v) is 11.2. The van der Waals surface area contributed by atoms with Crippen molar-refractivity contribution in [3.05, 3.63) is 29.6 Å². The number of rotatable bonds is 4. The van der Waals surface area contributed by atoms with Gasteiger partial charge in [-0.1, -0.05) is 6.07 Å². The number of carbonyl (C=O) groups excluding carboxylic acids is 2. The van der Waals surface area contributed by atoms with Crippen LogP contribution in [0.2, 0.25) is 0 Å². The molecule has 0 fully saturated rings. The Morgan fingerprint density at radius 1 is 1.32 bits per heavy atom. The number of carbonyl (C=O) groups is 2. The van der Waals surface area contributed by atoms with Crippen molar-refractivity contribution >= 4 is 17.6 Å². The number of anilines is 1. The molecule has 0 aliphatic heterocycles. The van der Waals surface area contributed by atoms with Gasteiger partial charge in [-0.25, -0.2) is 9.18 Å². The predicted octanol–water partition coefficient (Wildman–Crippen LogP) is 1.78. The SMILES string of the molecule is Cc1ccc(NCC(=O)NC(=O)NC(C)C)c(F)c1. The lowest BCUT2D eigenvalue weighted by atomic mass is 10.2. The van der Waals surface area contributed by atoms with Gasteiger partial charge in [-0.15, -0.1) is 0 Å². The lowest BCUT2D eigenvalue weighted by molar-refractivity contribution is -0.118. The van der Waals surface area contributed by atoms with Crippen molar-refractivity contribution in [2.24, 2.45) is 0 Å².